The molecule has 2 heterocycles. The van der Waals surface area contributed by atoms with Crippen molar-refractivity contribution in [3.8, 4) is 17.4 Å². The van der Waals surface area contributed by atoms with Crippen LogP contribution in [0.25, 0.3) is 5.57 Å². The number of carbonyl (C=O) groups excluding carboxylic acids is 3. The molecule has 10 nitrogen and oxygen atoms in total. The van der Waals surface area contributed by atoms with Crippen molar-refractivity contribution in [1.82, 2.24) is 9.47 Å². The van der Waals surface area contributed by atoms with Gasteiger partial charge in [-0.25, -0.2) is 0 Å². The fourth-order valence-corrected chi connectivity index (χ4v) is 2.30. The van der Waals surface area contributed by atoms with Gasteiger partial charge in [0.25, 0.3) is 17.2 Å². The zero-order valence-corrected chi connectivity index (χ0v) is 13.2. The fraction of sp³-hybridized carbons (Fsp3) is 0.286. The number of aromatic hydroxyl groups is 2. The van der Waals surface area contributed by atoms with Crippen LogP contribution in [0.5, 0.6) is 17.4 Å². The van der Waals surface area contributed by atoms with E-state index >= 15 is 0 Å². The van der Waals surface area contributed by atoms with Crippen molar-refractivity contribution in [3.05, 3.63) is 21.7 Å². The number of hydrogen-bond donors (Lipinski definition) is 2. The molecule has 2 rings (SSSR count). The van der Waals surface area contributed by atoms with Gasteiger partial charge in [-0.1, -0.05) is 0 Å². The van der Waals surface area contributed by atoms with Crippen molar-refractivity contribution in [2.75, 3.05) is 21.3 Å². The number of likely N-dealkylation sites (N-methyl/N-ethyl adjacent to an activating group) is 1. The van der Waals surface area contributed by atoms with Gasteiger partial charge in [-0.2, -0.15) is 0 Å². The Morgan fingerprint density at radius 2 is 1.50 bits per heavy atom. The van der Waals surface area contributed by atoms with Gasteiger partial charge in [0.15, 0.2) is 11.5 Å². The van der Waals surface area contributed by atoms with Gasteiger partial charge in [0.05, 0.1) is 19.8 Å². The highest BCUT2D eigenvalue weighted by Gasteiger charge is 2.42. The Kier molecular flexibility index (Phi) is 4.07. The van der Waals surface area contributed by atoms with Gasteiger partial charge in [-0.05, 0) is 0 Å². The molecule has 0 unspecified atom stereocenters. The number of rotatable bonds is 3. The van der Waals surface area contributed by atoms with Crippen LogP contribution in [0, 0.1) is 0 Å². The molecule has 0 aliphatic carbocycles. The quantitative estimate of drug-likeness (QED) is 0.514. The third-order valence-corrected chi connectivity index (χ3v) is 3.60. The number of Topliss-reactive ketones (excluding diaryl/α,β-unsaturated/α-hetero) is 1. The van der Waals surface area contributed by atoms with Crippen molar-refractivity contribution < 1.29 is 34.1 Å². The molecular weight excluding hydrogens is 324 g/mol. The molecular formula is C14H14N2O8. The molecule has 0 atom stereocenters. The standard InChI is InChI=1S/C14H14N2O8/c1-15-11(19)5(9(23-3)7(17)13(15)21)6-10(24-4)8(18)14(22)16(2)12(6)20/h17,19H,1-4H3. The van der Waals surface area contributed by atoms with Crippen LogP contribution in [0.15, 0.2) is 10.6 Å². The summed E-state index contributed by atoms with van der Waals surface area (Å²) in [6.07, 6.45) is 0. The Morgan fingerprint density at radius 1 is 0.917 bits per heavy atom. The Morgan fingerprint density at radius 3 is 2.00 bits per heavy atom. The lowest BCUT2D eigenvalue weighted by Gasteiger charge is -2.25. The zero-order valence-electron chi connectivity index (χ0n) is 13.2. The van der Waals surface area contributed by atoms with Gasteiger partial charge >= 0.3 is 5.91 Å². The summed E-state index contributed by atoms with van der Waals surface area (Å²) in [4.78, 5) is 48.6. The van der Waals surface area contributed by atoms with Gasteiger partial charge in [0, 0.05) is 14.1 Å². The van der Waals surface area contributed by atoms with Crippen molar-refractivity contribution in [1.29, 1.82) is 0 Å². The van der Waals surface area contributed by atoms with Crippen LogP contribution in [0.3, 0.4) is 0 Å². The lowest BCUT2D eigenvalue weighted by molar-refractivity contribution is -0.149. The van der Waals surface area contributed by atoms with Crippen LogP contribution < -0.4 is 10.3 Å². The minimum Gasteiger partial charge on any atom is -0.500 e. The van der Waals surface area contributed by atoms with E-state index < -0.39 is 57.4 Å². The normalized spacial score (nSPS) is 15.2. The number of carbonyl (C=O) groups is 3. The molecule has 1 aliphatic rings. The van der Waals surface area contributed by atoms with Crippen molar-refractivity contribution >= 4 is 23.2 Å². The van der Waals surface area contributed by atoms with E-state index in [1.165, 1.54) is 0 Å². The van der Waals surface area contributed by atoms with E-state index in [1.54, 1.807) is 0 Å². The molecule has 24 heavy (non-hydrogen) atoms. The first kappa shape index (κ1) is 17.1. The summed E-state index contributed by atoms with van der Waals surface area (Å²) in [6.45, 7) is 0. The molecule has 1 aromatic rings. The van der Waals surface area contributed by atoms with E-state index in [9.17, 15) is 29.4 Å². The second kappa shape index (κ2) is 5.72. The highest BCUT2D eigenvalue weighted by atomic mass is 16.5. The van der Waals surface area contributed by atoms with Crippen molar-refractivity contribution in [2.45, 2.75) is 0 Å². The molecule has 1 aromatic heterocycles. The van der Waals surface area contributed by atoms with E-state index in [2.05, 4.69) is 0 Å². The number of ketones is 1. The van der Waals surface area contributed by atoms with Gasteiger partial charge in [-0.3, -0.25) is 28.6 Å². The third kappa shape index (κ3) is 2.11. The number of aromatic nitrogens is 1. The number of nitrogens with zero attached hydrogens (tertiary/aromatic N) is 2. The van der Waals surface area contributed by atoms with Crippen molar-refractivity contribution in [2.24, 2.45) is 7.05 Å². The summed E-state index contributed by atoms with van der Waals surface area (Å²) in [5.41, 5.74) is -1.93. The van der Waals surface area contributed by atoms with E-state index in [0.717, 1.165) is 28.3 Å². The van der Waals surface area contributed by atoms with Gasteiger partial charge in [0.1, 0.15) is 5.57 Å². The molecule has 0 bridgehead atoms. The number of ether oxygens (including phenoxy) is 2. The summed E-state index contributed by atoms with van der Waals surface area (Å²) >= 11 is 0. The van der Waals surface area contributed by atoms with E-state index in [1.807, 2.05) is 0 Å². The number of imide groups is 1. The number of hydrogen-bond acceptors (Lipinski definition) is 8. The molecule has 1 aliphatic heterocycles. The monoisotopic (exact) mass is 338 g/mol. The summed E-state index contributed by atoms with van der Waals surface area (Å²) in [7, 11) is 4.36. The van der Waals surface area contributed by atoms with Crippen LogP contribution in [-0.2, 0) is 26.2 Å². The molecule has 0 spiro atoms. The molecule has 2 N–H and O–H groups in total. The fourth-order valence-electron chi connectivity index (χ4n) is 2.30. The maximum atomic E-state index is 12.5. The molecule has 0 aromatic carbocycles. The second-order valence-electron chi connectivity index (χ2n) is 4.85. The first-order chi connectivity index (χ1) is 11.2. The summed E-state index contributed by atoms with van der Waals surface area (Å²) in [5.74, 6) is -5.99. The lowest BCUT2D eigenvalue weighted by Crippen LogP contribution is -2.44. The molecule has 0 saturated heterocycles. The predicted molar refractivity (Wildman–Crippen MR) is 78.3 cm³/mol. The first-order valence-electron chi connectivity index (χ1n) is 6.53. The first-order valence-corrected chi connectivity index (χ1v) is 6.53. The van der Waals surface area contributed by atoms with Gasteiger partial charge in [-0.15, -0.1) is 0 Å². The Bertz CT molecular complexity index is 865. The van der Waals surface area contributed by atoms with Crippen LogP contribution >= 0.6 is 0 Å². The molecule has 0 fully saturated rings. The third-order valence-electron chi connectivity index (χ3n) is 3.60. The summed E-state index contributed by atoms with van der Waals surface area (Å²) in [6, 6.07) is 0. The SMILES string of the molecule is COC1=C(c2c(OC)c(O)c(=O)n(C)c2O)C(=O)N(C)C(=O)C1=O. The van der Waals surface area contributed by atoms with E-state index in [4.69, 9.17) is 9.47 Å². The number of methoxy groups -OCH3 is 2. The summed E-state index contributed by atoms with van der Waals surface area (Å²) in [5, 5.41) is 20.2. The van der Waals surface area contributed by atoms with Gasteiger partial charge < -0.3 is 19.7 Å². The number of amides is 2. The topological polar surface area (TPSA) is 135 Å². The molecule has 0 radical (unpaired) electrons. The minimum absolute atomic E-state index is 0.438. The van der Waals surface area contributed by atoms with E-state index in [0.29, 0.717) is 9.47 Å². The predicted octanol–water partition coefficient (Wildman–Crippen LogP) is -1.27. The largest absolute Gasteiger partial charge is 0.500 e. The van der Waals surface area contributed by atoms with Gasteiger partial charge in [0.2, 0.25) is 11.6 Å². The smallest absolute Gasteiger partial charge is 0.304 e. The molecule has 2 amide bonds. The summed E-state index contributed by atoms with van der Waals surface area (Å²) < 4.78 is 10.4. The molecule has 128 valence electrons. The maximum Gasteiger partial charge on any atom is 0.304 e. The highest BCUT2D eigenvalue weighted by molar-refractivity contribution is 6.52. The van der Waals surface area contributed by atoms with Crippen molar-refractivity contribution in [3.63, 3.8) is 0 Å². The zero-order chi connectivity index (χ0) is 18.3. The lowest BCUT2D eigenvalue weighted by atomic mass is 9.97. The minimum atomic E-state index is -1.12. The maximum absolute atomic E-state index is 12.5. The average molecular weight is 338 g/mol. The Balaban J connectivity index is 3.00. The second-order valence-corrected chi connectivity index (χ2v) is 4.85. The molecule has 10 heteroatoms. The Hall–Kier alpha value is -3.30. The van der Waals surface area contributed by atoms with Crippen LogP contribution in [0.1, 0.15) is 5.56 Å². The van der Waals surface area contributed by atoms with Crippen LogP contribution in [0.2, 0.25) is 0 Å². The average Bonchev–Trinajstić information content (AvgIpc) is 2.57. The number of pyridine rings is 1. The molecule has 0 saturated carbocycles. The van der Waals surface area contributed by atoms with Crippen LogP contribution in [0.4, 0.5) is 0 Å². The Labute approximate surface area is 135 Å². The van der Waals surface area contributed by atoms with E-state index in [-0.39, 0.29) is 0 Å². The van der Waals surface area contributed by atoms with Crippen LogP contribution in [-0.4, -0.2) is 58.5 Å². The highest BCUT2D eigenvalue weighted by Crippen LogP contribution is 2.41.